The summed E-state index contributed by atoms with van der Waals surface area (Å²) in [7, 11) is 0. The Morgan fingerprint density at radius 3 is 2.53 bits per heavy atom. The third kappa shape index (κ3) is 3.40. The second kappa shape index (κ2) is 5.60. The number of rotatable bonds is 4. The molecule has 6 heteroatoms. The zero-order valence-corrected chi connectivity index (χ0v) is 10.5. The lowest BCUT2D eigenvalue weighted by Gasteiger charge is -2.05. The molecule has 5 nitrogen and oxygen atoms in total. The highest BCUT2D eigenvalue weighted by Gasteiger charge is 1.98. The van der Waals surface area contributed by atoms with Crippen molar-refractivity contribution >= 4 is 21.7 Å². The zero-order chi connectivity index (χ0) is 12.1. The fourth-order valence-electron chi connectivity index (χ4n) is 1.19. The van der Waals surface area contributed by atoms with Gasteiger partial charge >= 0.3 is 0 Å². The van der Waals surface area contributed by atoms with Gasteiger partial charge in [0.2, 0.25) is 0 Å². The van der Waals surface area contributed by atoms with Gasteiger partial charge in [0.15, 0.2) is 5.82 Å². The van der Waals surface area contributed by atoms with Gasteiger partial charge in [-0.15, -0.1) is 0 Å². The van der Waals surface area contributed by atoms with Crippen LogP contribution in [0, 0.1) is 0 Å². The monoisotopic (exact) mass is 294 g/mol. The summed E-state index contributed by atoms with van der Waals surface area (Å²) < 4.78 is 6.56. The van der Waals surface area contributed by atoms with Crippen LogP contribution in [0.15, 0.2) is 41.1 Å². The minimum absolute atomic E-state index is 0.374. The number of nitrogens with zero attached hydrogens (tertiary/aromatic N) is 2. The largest absolute Gasteiger partial charge is 0.487 e. The Hall–Kier alpha value is -1.66. The average molecular weight is 295 g/mol. The summed E-state index contributed by atoms with van der Waals surface area (Å²) in [6.45, 7) is 0.374. The fraction of sp³-hybridized carbons (Fsp3) is 0.0909. The van der Waals surface area contributed by atoms with Crippen molar-refractivity contribution in [1.82, 2.24) is 9.97 Å². The smallest absolute Gasteiger partial charge is 0.158 e. The molecule has 0 bridgehead atoms. The highest BCUT2D eigenvalue weighted by molar-refractivity contribution is 9.10. The van der Waals surface area contributed by atoms with E-state index in [1.165, 1.54) is 0 Å². The Morgan fingerprint density at radius 2 is 1.94 bits per heavy atom. The molecular formula is C11H11BrN4O. The first kappa shape index (κ1) is 11.8. The normalized spacial score (nSPS) is 10.0. The predicted molar refractivity (Wildman–Crippen MR) is 68.3 cm³/mol. The van der Waals surface area contributed by atoms with E-state index in [2.05, 4.69) is 31.3 Å². The number of hydrazine groups is 1. The first-order valence-corrected chi connectivity index (χ1v) is 5.73. The number of hydrogen-bond acceptors (Lipinski definition) is 5. The Morgan fingerprint density at radius 1 is 1.18 bits per heavy atom. The number of nitrogen functional groups attached to an aromatic ring is 1. The summed E-state index contributed by atoms with van der Waals surface area (Å²) in [6.07, 6.45) is 3.17. The summed E-state index contributed by atoms with van der Waals surface area (Å²) >= 11 is 3.36. The van der Waals surface area contributed by atoms with E-state index in [9.17, 15) is 0 Å². The lowest BCUT2D eigenvalue weighted by molar-refractivity contribution is 0.301. The van der Waals surface area contributed by atoms with E-state index >= 15 is 0 Å². The number of anilines is 1. The Kier molecular flexibility index (Phi) is 3.89. The van der Waals surface area contributed by atoms with Gasteiger partial charge < -0.3 is 10.2 Å². The molecule has 0 radical (unpaired) electrons. The molecule has 1 aromatic heterocycles. The number of nitrogens with two attached hydrogens (primary N) is 1. The van der Waals surface area contributed by atoms with Gasteiger partial charge in [0, 0.05) is 4.47 Å². The van der Waals surface area contributed by atoms with Gasteiger partial charge in [-0.2, -0.15) is 0 Å². The van der Waals surface area contributed by atoms with Crippen LogP contribution in [0.1, 0.15) is 5.69 Å². The second-order valence-electron chi connectivity index (χ2n) is 3.28. The van der Waals surface area contributed by atoms with Crippen molar-refractivity contribution < 1.29 is 4.74 Å². The van der Waals surface area contributed by atoms with Crippen LogP contribution in [-0.2, 0) is 6.61 Å². The molecule has 0 spiro atoms. The van der Waals surface area contributed by atoms with E-state index in [4.69, 9.17) is 10.6 Å². The predicted octanol–water partition coefficient (Wildman–Crippen LogP) is 2.10. The molecule has 0 aliphatic carbocycles. The molecule has 0 atom stereocenters. The van der Waals surface area contributed by atoms with Gasteiger partial charge in [0.05, 0.1) is 18.1 Å². The summed E-state index contributed by atoms with van der Waals surface area (Å²) in [6, 6.07) is 7.60. The summed E-state index contributed by atoms with van der Waals surface area (Å²) in [5.41, 5.74) is 3.16. The van der Waals surface area contributed by atoms with Crippen LogP contribution in [0.25, 0.3) is 0 Å². The first-order chi connectivity index (χ1) is 8.28. The highest BCUT2D eigenvalue weighted by Crippen LogP contribution is 2.16. The van der Waals surface area contributed by atoms with Gasteiger partial charge in [-0.05, 0) is 24.3 Å². The molecule has 1 heterocycles. The van der Waals surface area contributed by atoms with Crippen molar-refractivity contribution in [3.05, 3.63) is 46.8 Å². The number of nitrogens with one attached hydrogen (secondary N) is 1. The zero-order valence-electron chi connectivity index (χ0n) is 8.93. The van der Waals surface area contributed by atoms with Crippen molar-refractivity contribution in [2.45, 2.75) is 6.61 Å². The fourth-order valence-corrected chi connectivity index (χ4v) is 1.46. The molecule has 1 aromatic carbocycles. The van der Waals surface area contributed by atoms with Crippen molar-refractivity contribution in [2.24, 2.45) is 5.84 Å². The maximum Gasteiger partial charge on any atom is 0.158 e. The molecular weight excluding hydrogens is 284 g/mol. The molecule has 0 saturated carbocycles. The molecule has 2 rings (SSSR count). The van der Waals surface area contributed by atoms with Gasteiger partial charge in [-0.1, -0.05) is 15.9 Å². The number of benzene rings is 1. The third-order valence-electron chi connectivity index (χ3n) is 2.05. The van der Waals surface area contributed by atoms with E-state index in [0.29, 0.717) is 12.4 Å². The molecule has 0 aliphatic rings. The minimum atomic E-state index is 0.374. The quantitative estimate of drug-likeness (QED) is 0.667. The van der Waals surface area contributed by atoms with Crippen LogP contribution in [0.5, 0.6) is 5.75 Å². The van der Waals surface area contributed by atoms with Crippen LogP contribution in [0.2, 0.25) is 0 Å². The van der Waals surface area contributed by atoms with Crippen molar-refractivity contribution in [1.29, 1.82) is 0 Å². The van der Waals surface area contributed by atoms with Gasteiger partial charge in [0.1, 0.15) is 12.4 Å². The Balaban J connectivity index is 1.95. The Bertz CT molecular complexity index is 472. The molecule has 17 heavy (non-hydrogen) atoms. The lowest BCUT2D eigenvalue weighted by Crippen LogP contribution is -2.09. The van der Waals surface area contributed by atoms with E-state index in [1.807, 2.05) is 24.3 Å². The van der Waals surface area contributed by atoms with Crippen LogP contribution in [-0.4, -0.2) is 9.97 Å². The number of halogens is 1. The third-order valence-corrected chi connectivity index (χ3v) is 2.58. The molecule has 0 fully saturated rings. The molecule has 0 amide bonds. The van der Waals surface area contributed by atoms with Gasteiger partial charge in [-0.3, -0.25) is 4.98 Å². The molecule has 3 N–H and O–H groups in total. The van der Waals surface area contributed by atoms with Gasteiger partial charge in [-0.25, -0.2) is 10.8 Å². The maximum atomic E-state index is 5.55. The highest BCUT2D eigenvalue weighted by atomic mass is 79.9. The number of ether oxygens (including phenoxy) is 1. The average Bonchev–Trinajstić information content (AvgIpc) is 2.39. The Labute approximate surface area is 107 Å². The van der Waals surface area contributed by atoms with Crippen molar-refractivity contribution in [3.8, 4) is 5.75 Å². The first-order valence-electron chi connectivity index (χ1n) is 4.94. The summed E-state index contributed by atoms with van der Waals surface area (Å²) in [4.78, 5) is 8.18. The minimum Gasteiger partial charge on any atom is -0.487 e. The second-order valence-corrected chi connectivity index (χ2v) is 4.20. The van der Waals surface area contributed by atoms with E-state index in [-0.39, 0.29) is 0 Å². The van der Waals surface area contributed by atoms with Crippen molar-refractivity contribution in [3.63, 3.8) is 0 Å². The standard InChI is InChI=1S/C11H11BrN4O/c12-8-1-3-10(4-2-8)17-7-9-5-15-11(16-13)6-14-9/h1-6H,7,13H2,(H,15,16). The maximum absolute atomic E-state index is 5.55. The topological polar surface area (TPSA) is 73.1 Å². The molecule has 2 aromatic rings. The molecule has 0 aliphatic heterocycles. The van der Waals surface area contributed by atoms with Crippen LogP contribution in [0.4, 0.5) is 5.82 Å². The van der Waals surface area contributed by atoms with Crippen LogP contribution in [0.3, 0.4) is 0 Å². The van der Waals surface area contributed by atoms with E-state index in [1.54, 1.807) is 12.4 Å². The van der Waals surface area contributed by atoms with Crippen molar-refractivity contribution in [2.75, 3.05) is 5.43 Å². The van der Waals surface area contributed by atoms with Gasteiger partial charge in [0.25, 0.3) is 0 Å². The lowest BCUT2D eigenvalue weighted by atomic mass is 10.3. The number of hydrogen-bond donors (Lipinski definition) is 2. The summed E-state index contributed by atoms with van der Waals surface area (Å²) in [5.74, 6) is 6.50. The van der Waals surface area contributed by atoms with E-state index < -0.39 is 0 Å². The molecule has 0 unspecified atom stereocenters. The molecule has 88 valence electrons. The molecule has 0 saturated heterocycles. The van der Waals surface area contributed by atoms with Crippen LogP contribution >= 0.6 is 15.9 Å². The van der Waals surface area contributed by atoms with Crippen LogP contribution < -0.4 is 16.0 Å². The number of aromatic nitrogens is 2. The van der Waals surface area contributed by atoms with E-state index in [0.717, 1.165) is 15.9 Å². The summed E-state index contributed by atoms with van der Waals surface area (Å²) in [5, 5.41) is 0. The SMILES string of the molecule is NNc1cnc(COc2ccc(Br)cc2)cn1.